The number of nitrogens with one attached hydrogen (secondary N) is 2. The molecule has 0 saturated heterocycles. The zero-order valence-corrected chi connectivity index (χ0v) is 7.64. The van der Waals surface area contributed by atoms with Crippen molar-refractivity contribution in [3.05, 3.63) is 36.4 Å². The van der Waals surface area contributed by atoms with E-state index in [1.54, 1.807) is 18.5 Å². The molecule has 0 saturated carbocycles. The largest absolute Gasteiger partial charge is 0.354 e. The van der Waals surface area contributed by atoms with Crippen LogP contribution in [0.25, 0.3) is 0 Å². The first kappa shape index (κ1) is 8.68. The molecule has 5 heteroatoms. The predicted molar refractivity (Wildman–Crippen MR) is 52.8 cm³/mol. The molecule has 0 amide bonds. The molecule has 2 rings (SSSR count). The third-order valence-electron chi connectivity index (χ3n) is 1.82. The molecule has 2 heterocycles. The van der Waals surface area contributed by atoms with Gasteiger partial charge in [-0.05, 0) is 18.1 Å². The molecule has 14 heavy (non-hydrogen) atoms. The van der Waals surface area contributed by atoms with Gasteiger partial charge >= 0.3 is 0 Å². The number of anilines is 1. The summed E-state index contributed by atoms with van der Waals surface area (Å²) in [6.07, 6.45) is 8.04. The highest BCUT2D eigenvalue weighted by molar-refractivity contribution is 5.22. The van der Waals surface area contributed by atoms with Crippen LogP contribution in [-0.4, -0.2) is 26.7 Å². The van der Waals surface area contributed by atoms with Crippen molar-refractivity contribution >= 4 is 5.95 Å². The summed E-state index contributed by atoms with van der Waals surface area (Å²) < 4.78 is 0. The van der Waals surface area contributed by atoms with E-state index >= 15 is 0 Å². The van der Waals surface area contributed by atoms with Gasteiger partial charge < -0.3 is 5.32 Å². The third kappa shape index (κ3) is 2.29. The van der Waals surface area contributed by atoms with Crippen molar-refractivity contribution in [2.24, 2.45) is 0 Å². The van der Waals surface area contributed by atoms with E-state index in [-0.39, 0.29) is 0 Å². The van der Waals surface area contributed by atoms with Crippen molar-refractivity contribution in [2.75, 3.05) is 11.9 Å². The lowest BCUT2D eigenvalue weighted by Crippen LogP contribution is -2.06. The Labute approximate surface area is 81.6 Å². The lowest BCUT2D eigenvalue weighted by Gasteiger charge is -2.01. The fourth-order valence-corrected chi connectivity index (χ4v) is 1.12. The molecule has 0 spiro atoms. The second-order valence-corrected chi connectivity index (χ2v) is 2.86. The molecule has 2 aromatic heterocycles. The maximum absolute atomic E-state index is 4.05. The molecule has 0 unspecified atom stereocenters. The number of hydrogen-bond donors (Lipinski definition) is 2. The highest BCUT2D eigenvalue weighted by atomic mass is 15.1. The van der Waals surface area contributed by atoms with Crippen LogP contribution in [0.4, 0.5) is 5.95 Å². The molecule has 0 aromatic carbocycles. The maximum Gasteiger partial charge on any atom is 0.222 e. The molecule has 2 N–H and O–H groups in total. The van der Waals surface area contributed by atoms with Crippen LogP contribution in [0.1, 0.15) is 5.56 Å². The van der Waals surface area contributed by atoms with Crippen LogP contribution < -0.4 is 5.32 Å². The van der Waals surface area contributed by atoms with Crippen molar-refractivity contribution in [1.82, 2.24) is 20.2 Å². The number of rotatable bonds is 4. The summed E-state index contributed by atoms with van der Waals surface area (Å²) in [5.74, 6) is 0.663. The zero-order valence-electron chi connectivity index (χ0n) is 7.64. The summed E-state index contributed by atoms with van der Waals surface area (Å²) in [4.78, 5) is 8.10. The molecule has 0 atom stereocenters. The lowest BCUT2D eigenvalue weighted by atomic mass is 10.2. The molecule has 0 aliphatic heterocycles. The predicted octanol–water partition coefficient (Wildman–Crippen LogP) is 0.854. The van der Waals surface area contributed by atoms with Crippen molar-refractivity contribution < 1.29 is 0 Å². The van der Waals surface area contributed by atoms with E-state index in [1.165, 1.54) is 5.56 Å². The number of hydrogen-bond acceptors (Lipinski definition) is 4. The topological polar surface area (TPSA) is 66.5 Å². The molecule has 2 aromatic rings. The minimum atomic E-state index is 0.663. The van der Waals surface area contributed by atoms with Gasteiger partial charge in [0.05, 0.1) is 6.20 Å². The molecular formula is C9H11N5. The number of nitrogens with zero attached hydrogens (tertiary/aromatic N) is 3. The van der Waals surface area contributed by atoms with Crippen LogP contribution in [0.5, 0.6) is 0 Å². The third-order valence-corrected chi connectivity index (χ3v) is 1.82. The Bertz CT molecular complexity index is 356. The number of aromatic nitrogens is 4. The van der Waals surface area contributed by atoms with Crippen LogP contribution in [0, 0.1) is 0 Å². The van der Waals surface area contributed by atoms with E-state index in [2.05, 4.69) is 25.5 Å². The molecule has 0 aliphatic rings. The summed E-state index contributed by atoms with van der Waals surface area (Å²) in [6, 6.07) is 1.79. The van der Waals surface area contributed by atoms with E-state index in [0.717, 1.165) is 13.0 Å². The lowest BCUT2D eigenvalue weighted by molar-refractivity contribution is 0.985. The monoisotopic (exact) mass is 189 g/mol. The molecular weight excluding hydrogens is 178 g/mol. The second-order valence-electron chi connectivity index (χ2n) is 2.86. The summed E-state index contributed by atoms with van der Waals surface area (Å²) in [5, 5.41) is 9.75. The molecule has 72 valence electrons. The van der Waals surface area contributed by atoms with Gasteiger partial charge in [-0.15, -0.1) is 0 Å². The van der Waals surface area contributed by atoms with Gasteiger partial charge in [0.15, 0.2) is 0 Å². The summed E-state index contributed by atoms with van der Waals surface area (Å²) in [6.45, 7) is 0.809. The molecule has 0 fully saturated rings. The van der Waals surface area contributed by atoms with E-state index in [9.17, 15) is 0 Å². The minimum Gasteiger partial charge on any atom is -0.354 e. The first-order chi connectivity index (χ1) is 6.95. The van der Waals surface area contributed by atoms with Gasteiger partial charge in [-0.1, -0.05) is 0 Å². The minimum absolute atomic E-state index is 0.663. The fraction of sp³-hybridized carbons (Fsp3) is 0.222. The smallest absolute Gasteiger partial charge is 0.222 e. The van der Waals surface area contributed by atoms with E-state index < -0.39 is 0 Å². The van der Waals surface area contributed by atoms with Crippen LogP contribution in [0.3, 0.4) is 0 Å². The summed E-state index contributed by atoms with van der Waals surface area (Å²) in [7, 11) is 0. The maximum atomic E-state index is 4.05. The van der Waals surface area contributed by atoms with Gasteiger partial charge in [0.2, 0.25) is 5.95 Å². The second kappa shape index (κ2) is 4.36. The Kier molecular flexibility index (Phi) is 2.70. The Hall–Kier alpha value is -1.91. The van der Waals surface area contributed by atoms with Gasteiger partial charge in [-0.25, -0.2) is 9.97 Å². The van der Waals surface area contributed by atoms with Gasteiger partial charge in [-0.2, -0.15) is 5.10 Å². The average molecular weight is 189 g/mol. The van der Waals surface area contributed by atoms with Crippen LogP contribution >= 0.6 is 0 Å². The highest BCUT2D eigenvalue weighted by Crippen LogP contribution is 1.97. The first-order valence-corrected chi connectivity index (χ1v) is 4.44. The Morgan fingerprint density at radius 1 is 1.29 bits per heavy atom. The number of aromatic amines is 1. The van der Waals surface area contributed by atoms with Crippen molar-refractivity contribution in [3.63, 3.8) is 0 Å². The quantitative estimate of drug-likeness (QED) is 0.748. The van der Waals surface area contributed by atoms with Gasteiger partial charge in [0, 0.05) is 25.1 Å². The van der Waals surface area contributed by atoms with E-state index in [1.807, 2.05) is 12.4 Å². The Morgan fingerprint density at radius 2 is 2.14 bits per heavy atom. The van der Waals surface area contributed by atoms with E-state index in [0.29, 0.717) is 5.95 Å². The van der Waals surface area contributed by atoms with Crippen molar-refractivity contribution in [1.29, 1.82) is 0 Å². The SMILES string of the molecule is c1cnc(NCCc2cn[nH]c2)nc1. The van der Waals surface area contributed by atoms with Gasteiger partial charge in [-0.3, -0.25) is 5.10 Å². The van der Waals surface area contributed by atoms with E-state index in [4.69, 9.17) is 0 Å². The summed E-state index contributed by atoms with van der Waals surface area (Å²) >= 11 is 0. The Balaban J connectivity index is 1.79. The normalized spacial score (nSPS) is 10.0. The standard InChI is InChI=1S/C9H11N5/c1-3-10-9(11-4-1)12-5-2-8-6-13-14-7-8/h1,3-4,6-7H,2,5H2,(H,13,14)(H,10,11,12). The zero-order chi connectivity index (χ0) is 9.64. The van der Waals surface area contributed by atoms with Crippen LogP contribution in [0.2, 0.25) is 0 Å². The molecule has 0 bridgehead atoms. The Morgan fingerprint density at radius 3 is 2.86 bits per heavy atom. The van der Waals surface area contributed by atoms with Crippen LogP contribution in [-0.2, 0) is 6.42 Å². The van der Waals surface area contributed by atoms with Crippen LogP contribution in [0.15, 0.2) is 30.9 Å². The van der Waals surface area contributed by atoms with Gasteiger partial charge in [0.1, 0.15) is 0 Å². The van der Waals surface area contributed by atoms with Crippen molar-refractivity contribution in [2.45, 2.75) is 6.42 Å². The molecule has 0 radical (unpaired) electrons. The highest BCUT2D eigenvalue weighted by Gasteiger charge is 1.95. The molecule has 5 nitrogen and oxygen atoms in total. The van der Waals surface area contributed by atoms with Gasteiger partial charge in [0.25, 0.3) is 0 Å². The molecule has 0 aliphatic carbocycles. The summed E-state index contributed by atoms with van der Waals surface area (Å²) in [5.41, 5.74) is 1.17. The number of H-pyrrole nitrogens is 1. The van der Waals surface area contributed by atoms with Crippen molar-refractivity contribution in [3.8, 4) is 0 Å². The average Bonchev–Trinajstić information content (AvgIpc) is 2.72. The first-order valence-electron chi connectivity index (χ1n) is 4.44. The fourth-order valence-electron chi connectivity index (χ4n) is 1.12.